The van der Waals surface area contributed by atoms with Crippen molar-refractivity contribution in [2.45, 2.75) is 12.1 Å². The predicted molar refractivity (Wildman–Crippen MR) is 25.1 cm³/mol. The summed E-state index contributed by atoms with van der Waals surface area (Å²) in [6.07, 6.45) is 0.419. The number of carboxylic acids is 1. The summed E-state index contributed by atoms with van der Waals surface area (Å²) < 4.78 is 4.56. The minimum absolute atomic E-state index is 0.419. The van der Waals surface area contributed by atoms with Gasteiger partial charge in [0.05, 0.1) is 6.61 Å². The standard InChI is InChI=1S/C4H7NO3/c5-4(3(6)7)1-2-8-4/h1-2,5H2,(H,6,7). The third-order valence-corrected chi connectivity index (χ3v) is 1.20. The van der Waals surface area contributed by atoms with E-state index in [0.717, 1.165) is 0 Å². The Morgan fingerprint density at radius 1 is 1.88 bits per heavy atom. The van der Waals surface area contributed by atoms with Gasteiger partial charge in [0.2, 0.25) is 5.72 Å². The molecule has 1 aliphatic heterocycles. The molecule has 1 fully saturated rings. The Hall–Kier alpha value is -0.610. The van der Waals surface area contributed by atoms with Crippen molar-refractivity contribution in [1.29, 1.82) is 0 Å². The van der Waals surface area contributed by atoms with Gasteiger partial charge in [0.15, 0.2) is 0 Å². The smallest absolute Gasteiger partial charge is 0.351 e. The molecule has 0 radical (unpaired) electrons. The zero-order valence-electron chi connectivity index (χ0n) is 4.26. The van der Waals surface area contributed by atoms with Crippen LogP contribution in [-0.4, -0.2) is 23.4 Å². The van der Waals surface area contributed by atoms with Crippen molar-refractivity contribution < 1.29 is 14.6 Å². The second kappa shape index (κ2) is 1.43. The van der Waals surface area contributed by atoms with E-state index in [9.17, 15) is 4.79 Å². The molecule has 0 aromatic carbocycles. The van der Waals surface area contributed by atoms with Gasteiger partial charge < -0.3 is 9.84 Å². The van der Waals surface area contributed by atoms with Crippen LogP contribution < -0.4 is 5.73 Å². The summed E-state index contributed by atoms with van der Waals surface area (Å²) >= 11 is 0. The molecule has 1 aliphatic rings. The van der Waals surface area contributed by atoms with Crippen molar-refractivity contribution in [3.63, 3.8) is 0 Å². The number of rotatable bonds is 1. The van der Waals surface area contributed by atoms with Crippen LogP contribution in [0.2, 0.25) is 0 Å². The molecular formula is C4H7NO3. The van der Waals surface area contributed by atoms with Crippen LogP contribution in [0.3, 0.4) is 0 Å². The number of hydrogen-bond acceptors (Lipinski definition) is 3. The second-order valence-electron chi connectivity index (χ2n) is 1.79. The first-order valence-corrected chi connectivity index (χ1v) is 2.31. The van der Waals surface area contributed by atoms with Crippen LogP contribution in [0.25, 0.3) is 0 Å². The van der Waals surface area contributed by atoms with Crippen LogP contribution in [0.4, 0.5) is 0 Å². The molecule has 1 atom stereocenters. The fourth-order valence-corrected chi connectivity index (χ4v) is 0.491. The zero-order valence-corrected chi connectivity index (χ0v) is 4.26. The third-order valence-electron chi connectivity index (χ3n) is 1.20. The largest absolute Gasteiger partial charge is 0.478 e. The van der Waals surface area contributed by atoms with Crippen LogP contribution in [0, 0.1) is 0 Å². The molecule has 1 rings (SSSR count). The molecule has 0 aromatic rings. The molecule has 1 saturated heterocycles. The number of ether oxygens (including phenoxy) is 1. The van der Waals surface area contributed by atoms with Crippen molar-refractivity contribution in [3.05, 3.63) is 0 Å². The Morgan fingerprint density at radius 3 is 2.38 bits per heavy atom. The van der Waals surface area contributed by atoms with Gasteiger partial charge in [-0.2, -0.15) is 0 Å². The molecule has 4 nitrogen and oxygen atoms in total. The summed E-state index contributed by atoms with van der Waals surface area (Å²) in [5.74, 6) is -1.08. The van der Waals surface area contributed by atoms with E-state index in [0.29, 0.717) is 13.0 Å². The van der Waals surface area contributed by atoms with E-state index in [2.05, 4.69) is 4.74 Å². The summed E-state index contributed by atoms with van der Waals surface area (Å²) in [6, 6.07) is 0. The molecular weight excluding hydrogens is 110 g/mol. The highest BCUT2D eigenvalue weighted by molar-refractivity contribution is 5.77. The van der Waals surface area contributed by atoms with Crippen molar-refractivity contribution in [2.24, 2.45) is 5.73 Å². The van der Waals surface area contributed by atoms with E-state index in [1.54, 1.807) is 0 Å². The molecule has 4 heteroatoms. The Balaban J connectivity index is 2.53. The highest BCUT2D eigenvalue weighted by atomic mass is 16.6. The predicted octanol–water partition coefficient (Wildman–Crippen LogP) is -0.854. The Morgan fingerprint density at radius 2 is 2.38 bits per heavy atom. The monoisotopic (exact) mass is 117 g/mol. The third kappa shape index (κ3) is 0.579. The molecule has 1 heterocycles. The van der Waals surface area contributed by atoms with Crippen LogP contribution in [0.5, 0.6) is 0 Å². The van der Waals surface area contributed by atoms with E-state index in [1.807, 2.05) is 0 Å². The highest BCUT2D eigenvalue weighted by Gasteiger charge is 2.41. The van der Waals surface area contributed by atoms with Gasteiger partial charge in [0.1, 0.15) is 0 Å². The maximum atomic E-state index is 10.1. The number of nitrogens with two attached hydrogens (primary N) is 1. The van der Waals surface area contributed by atoms with Crippen molar-refractivity contribution in [1.82, 2.24) is 0 Å². The molecule has 0 aliphatic carbocycles. The normalized spacial score (nSPS) is 36.1. The van der Waals surface area contributed by atoms with E-state index >= 15 is 0 Å². The summed E-state index contributed by atoms with van der Waals surface area (Å²) in [5.41, 5.74) is 3.76. The Kier molecular flexibility index (Phi) is 0.988. The molecule has 3 N–H and O–H groups in total. The molecule has 0 saturated carbocycles. The van der Waals surface area contributed by atoms with Crippen LogP contribution >= 0.6 is 0 Å². The molecule has 8 heavy (non-hydrogen) atoms. The Bertz CT molecular complexity index is 118. The number of aliphatic carboxylic acids is 1. The van der Waals surface area contributed by atoms with Crippen molar-refractivity contribution in [3.8, 4) is 0 Å². The minimum Gasteiger partial charge on any atom is -0.478 e. The molecule has 1 unspecified atom stereocenters. The van der Waals surface area contributed by atoms with E-state index in [4.69, 9.17) is 10.8 Å². The molecule has 0 aromatic heterocycles. The van der Waals surface area contributed by atoms with E-state index in [1.165, 1.54) is 0 Å². The van der Waals surface area contributed by atoms with Gasteiger partial charge in [0, 0.05) is 6.42 Å². The van der Waals surface area contributed by atoms with Gasteiger partial charge in [-0.25, -0.2) is 4.79 Å². The summed E-state index contributed by atoms with van der Waals surface area (Å²) in [4.78, 5) is 10.1. The summed E-state index contributed by atoms with van der Waals surface area (Å²) in [7, 11) is 0. The molecule has 0 spiro atoms. The summed E-state index contributed by atoms with van der Waals surface area (Å²) in [5, 5.41) is 8.24. The molecule has 0 bridgehead atoms. The average Bonchev–Trinajstić information content (AvgIpc) is 1.60. The van der Waals surface area contributed by atoms with Gasteiger partial charge in [-0.3, -0.25) is 5.73 Å². The quantitative estimate of drug-likeness (QED) is 0.469. The van der Waals surface area contributed by atoms with Gasteiger partial charge in [-0.15, -0.1) is 0 Å². The fraction of sp³-hybridized carbons (Fsp3) is 0.750. The first-order valence-electron chi connectivity index (χ1n) is 2.31. The molecule has 0 amide bonds. The van der Waals surface area contributed by atoms with E-state index < -0.39 is 11.7 Å². The topological polar surface area (TPSA) is 72.6 Å². The lowest BCUT2D eigenvalue weighted by molar-refractivity contribution is -0.192. The highest BCUT2D eigenvalue weighted by Crippen LogP contribution is 2.19. The fourth-order valence-electron chi connectivity index (χ4n) is 0.491. The SMILES string of the molecule is NC1(C(=O)O)CCO1. The van der Waals surface area contributed by atoms with Gasteiger partial charge in [-0.05, 0) is 0 Å². The number of carboxylic acid groups (broad SMARTS) is 1. The minimum atomic E-state index is -1.36. The maximum absolute atomic E-state index is 10.1. The van der Waals surface area contributed by atoms with Crippen LogP contribution in [0.1, 0.15) is 6.42 Å². The lowest BCUT2D eigenvalue weighted by Gasteiger charge is -2.33. The maximum Gasteiger partial charge on any atom is 0.351 e. The van der Waals surface area contributed by atoms with Crippen LogP contribution in [-0.2, 0) is 9.53 Å². The van der Waals surface area contributed by atoms with Crippen molar-refractivity contribution in [2.75, 3.05) is 6.61 Å². The lowest BCUT2D eigenvalue weighted by atomic mass is 10.1. The first kappa shape index (κ1) is 5.53. The number of hydrogen-bond donors (Lipinski definition) is 2. The summed E-state index contributed by atoms with van der Waals surface area (Å²) in [6.45, 7) is 0.461. The van der Waals surface area contributed by atoms with Crippen molar-refractivity contribution >= 4 is 5.97 Å². The Labute approximate surface area is 46.2 Å². The van der Waals surface area contributed by atoms with Gasteiger partial charge in [-0.1, -0.05) is 0 Å². The second-order valence-corrected chi connectivity index (χ2v) is 1.79. The van der Waals surface area contributed by atoms with E-state index in [-0.39, 0.29) is 0 Å². The number of carbonyl (C=O) groups is 1. The van der Waals surface area contributed by atoms with Gasteiger partial charge in [0.25, 0.3) is 0 Å². The first-order chi connectivity index (χ1) is 3.65. The lowest BCUT2D eigenvalue weighted by Crippen LogP contribution is -2.58. The van der Waals surface area contributed by atoms with Crippen LogP contribution in [0.15, 0.2) is 0 Å². The average molecular weight is 117 g/mol. The zero-order chi connectivity index (χ0) is 6.20. The van der Waals surface area contributed by atoms with Gasteiger partial charge >= 0.3 is 5.97 Å². The molecule has 46 valence electrons.